The molecular weight excluding hydrogens is 578 g/mol. The van der Waals surface area contributed by atoms with E-state index in [1.165, 1.54) is 17.7 Å². The molecule has 2 aromatic heterocycles. The van der Waals surface area contributed by atoms with Crippen molar-refractivity contribution in [1.82, 2.24) is 28.8 Å². The van der Waals surface area contributed by atoms with Crippen molar-refractivity contribution >= 4 is 23.5 Å². The fourth-order valence-corrected chi connectivity index (χ4v) is 7.66. The average molecular weight is 627 g/mol. The number of aryl methyl sites for hydroxylation is 2. The summed E-state index contributed by atoms with van der Waals surface area (Å²) in [6, 6.07) is 4.06. The Kier molecular flexibility index (Phi) is 11.2. The summed E-state index contributed by atoms with van der Waals surface area (Å²) in [6.07, 6.45) is 9.87. The Labute approximate surface area is 265 Å². The van der Waals surface area contributed by atoms with E-state index in [4.69, 9.17) is 10.8 Å². The molecule has 3 aliphatic rings. The Bertz CT molecular complexity index is 1390. The van der Waals surface area contributed by atoms with Crippen LogP contribution in [0.3, 0.4) is 0 Å². The number of unbranched alkanes of at least 4 members (excludes halogenated alkanes) is 1. The molecule has 0 spiro atoms. The lowest BCUT2D eigenvalue weighted by Crippen LogP contribution is -2.33. The van der Waals surface area contributed by atoms with E-state index in [9.17, 15) is 8.78 Å². The SMILES string of the molecule is C=CC.CN1CCc2c(c(N3CCCc4cc(-c5cnn(C)c5)c(C(F)F)cc43)nn2C2CCN(SCCCCN)CC2)C1. The lowest BCUT2D eigenvalue weighted by atomic mass is 9.92. The van der Waals surface area contributed by atoms with Crippen LogP contribution in [0.15, 0.2) is 37.2 Å². The summed E-state index contributed by atoms with van der Waals surface area (Å²) in [5.74, 6) is 2.09. The Balaban J connectivity index is 0.00000123. The van der Waals surface area contributed by atoms with Gasteiger partial charge in [0.15, 0.2) is 5.82 Å². The molecule has 0 unspecified atom stereocenters. The van der Waals surface area contributed by atoms with E-state index in [1.807, 2.05) is 38.2 Å². The molecule has 5 heterocycles. The van der Waals surface area contributed by atoms with Gasteiger partial charge in [-0.1, -0.05) is 18.0 Å². The molecule has 2 N–H and O–H groups in total. The highest BCUT2D eigenvalue weighted by atomic mass is 32.2. The zero-order chi connectivity index (χ0) is 31.2. The second kappa shape index (κ2) is 15.0. The van der Waals surface area contributed by atoms with Crippen LogP contribution < -0.4 is 10.6 Å². The van der Waals surface area contributed by atoms with Crippen LogP contribution in [0.2, 0.25) is 0 Å². The summed E-state index contributed by atoms with van der Waals surface area (Å²) in [6.45, 7) is 10.8. The second-order valence-electron chi connectivity index (χ2n) is 12.1. The van der Waals surface area contributed by atoms with Crippen LogP contribution >= 0.6 is 11.9 Å². The molecule has 0 saturated carbocycles. The van der Waals surface area contributed by atoms with Crippen LogP contribution in [-0.2, 0) is 26.4 Å². The summed E-state index contributed by atoms with van der Waals surface area (Å²) in [4.78, 5) is 4.58. The summed E-state index contributed by atoms with van der Waals surface area (Å²) < 4.78 is 35.4. The lowest BCUT2D eigenvalue weighted by Gasteiger charge is -2.33. The van der Waals surface area contributed by atoms with Gasteiger partial charge in [-0.2, -0.15) is 10.2 Å². The van der Waals surface area contributed by atoms with Gasteiger partial charge in [-0.3, -0.25) is 13.7 Å². The highest BCUT2D eigenvalue weighted by molar-refractivity contribution is 7.97. The molecule has 3 aliphatic heterocycles. The maximum Gasteiger partial charge on any atom is 0.264 e. The molecule has 240 valence electrons. The van der Waals surface area contributed by atoms with Crippen molar-refractivity contribution in [3.05, 3.63) is 59.6 Å². The molecule has 44 heavy (non-hydrogen) atoms. The van der Waals surface area contributed by atoms with Crippen molar-refractivity contribution in [3.8, 4) is 11.1 Å². The minimum absolute atomic E-state index is 0.0606. The second-order valence-corrected chi connectivity index (χ2v) is 13.3. The summed E-state index contributed by atoms with van der Waals surface area (Å²) >= 11 is 1.95. The minimum atomic E-state index is -2.57. The number of nitrogens with zero attached hydrogens (tertiary/aromatic N) is 7. The van der Waals surface area contributed by atoms with Crippen LogP contribution in [0.4, 0.5) is 20.3 Å². The molecule has 1 saturated heterocycles. The van der Waals surface area contributed by atoms with Gasteiger partial charge in [0.05, 0.1) is 12.2 Å². The average Bonchev–Trinajstić information content (AvgIpc) is 3.62. The highest BCUT2D eigenvalue weighted by Crippen LogP contribution is 2.43. The van der Waals surface area contributed by atoms with Crippen LogP contribution in [0, 0.1) is 0 Å². The molecule has 0 atom stereocenters. The van der Waals surface area contributed by atoms with E-state index in [-0.39, 0.29) is 5.56 Å². The van der Waals surface area contributed by atoms with Crippen LogP contribution in [0.1, 0.15) is 73.9 Å². The minimum Gasteiger partial charge on any atom is -0.330 e. The maximum absolute atomic E-state index is 14.5. The zero-order valence-corrected chi connectivity index (χ0v) is 27.3. The van der Waals surface area contributed by atoms with Crippen molar-refractivity contribution in [3.63, 3.8) is 0 Å². The van der Waals surface area contributed by atoms with Crippen LogP contribution in [0.5, 0.6) is 0 Å². The first kappa shape index (κ1) is 32.7. The molecule has 1 fully saturated rings. The number of anilines is 2. The molecule has 3 aromatic rings. The third-order valence-electron chi connectivity index (χ3n) is 8.77. The number of allylic oxidation sites excluding steroid dienone is 1. The number of hydrogen-bond acceptors (Lipinski definition) is 7. The van der Waals surface area contributed by atoms with Crippen molar-refractivity contribution in [1.29, 1.82) is 0 Å². The first-order valence-corrected chi connectivity index (χ1v) is 16.9. The third-order valence-corrected chi connectivity index (χ3v) is 9.97. The van der Waals surface area contributed by atoms with Gasteiger partial charge in [0.1, 0.15) is 0 Å². The van der Waals surface area contributed by atoms with E-state index in [2.05, 4.69) is 37.5 Å². The Morgan fingerprint density at radius 3 is 2.57 bits per heavy atom. The fraction of sp³-hybridized carbons (Fsp3) is 0.576. The van der Waals surface area contributed by atoms with E-state index in [0.29, 0.717) is 11.6 Å². The van der Waals surface area contributed by atoms with Crippen molar-refractivity contribution in [2.45, 2.75) is 70.9 Å². The predicted molar refractivity (Wildman–Crippen MR) is 178 cm³/mol. The van der Waals surface area contributed by atoms with Crippen LogP contribution in [0.25, 0.3) is 11.1 Å². The number of piperidine rings is 1. The number of nitrogens with two attached hydrogens (primary N) is 1. The number of hydrogen-bond donors (Lipinski definition) is 1. The summed E-state index contributed by atoms with van der Waals surface area (Å²) in [5.41, 5.74) is 11.6. The topological polar surface area (TPSA) is 71.4 Å². The summed E-state index contributed by atoms with van der Waals surface area (Å²) in [7, 11) is 3.97. The number of alkyl halides is 2. The Morgan fingerprint density at radius 2 is 1.89 bits per heavy atom. The van der Waals surface area contributed by atoms with Gasteiger partial charge in [-0.25, -0.2) is 8.78 Å². The molecule has 6 rings (SSSR count). The molecular formula is C33H48F2N8S. The molecule has 0 radical (unpaired) electrons. The Hall–Kier alpha value is -2.73. The van der Waals surface area contributed by atoms with E-state index in [0.717, 1.165) is 106 Å². The quantitative estimate of drug-likeness (QED) is 0.165. The fourth-order valence-electron chi connectivity index (χ4n) is 6.60. The van der Waals surface area contributed by atoms with Gasteiger partial charge in [0.2, 0.25) is 0 Å². The molecule has 0 bridgehead atoms. The van der Waals surface area contributed by atoms with Gasteiger partial charge in [0, 0.05) is 86.2 Å². The standard InChI is InChI=1S/C30H42F2N8S.C3H6/c1-36-12-9-27-26(20-36)30(35-40(27)23-7-13-38(14-8-23)41-15-4-3-10-33)39-11-5-6-21-16-24(22-18-34-37(2)19-22)25(29(31)32)17-28(21)39;1-3-2/h16-19,23,29H,3-15,20,33H2,1-2H3;3H,1H2,2H3. The van der Waals surface area contributed by atoms with E-state index >= 15 is 0 Å². The number of rotatable bonds is 9. The number of likely N-dealkylation sites (N-methyl/N-ethyl adjacent to an activating group) is 1. The monoisotopic (exact) mass is 626 g/mol. The molecule has 8 nitrogen and oxygen atoms in total. The smallest absolute Gasteiger partial charge is 0.264 e. The lowest BCUT2D eigenvalue weighted by molar-refractivity contribution is 0.152. The molecule has 0 aliphatic carbocycles. The number of halogens is 2. The van der Waals surface area contributed by atoms with Crippen molar-refractivity contribution in [2.24, 2.45) is 12.8 Å². The highest BCUT2D eigenvalue weighted by Gasteiger charge is 2.33. The predicted octanol–water partition coefficient (Wildman–Crippen LogP) is 6.51. The van der Waals surface area contributed by atoms with Crippen molar-refractivity contribution in [2.75, 3.05) is 50.4 Å². The maximum atomic E-state index is 14.5. The van der Waals surface area contributed by atoms with Crippen molar-refractivity contribution < 1.29 is 8.78 Å². The van der Waals surface area contributed by atoms with Gasteiger partial charge in [0.25, 0.3) is 6.43 Å². The van der Waals surface area contributed by atoms with E-state index < -0.39 is 6.43 Å². The third kappa shape index (κ3) is 7.22. The van der Waals surface area contributed by atoms with E-state index in [1.54, 1.807) is 23.0 Å². The normalized spacial score (nSPS) is 17.8. The zero-order valence-electron chi connectivity index (χ0n) is 26.5. The molecule has 1 aromatic carbocycles. The van der Waals surface area contributed by atoms with Gasteiger partial charge in [-0.15, -0.1) is 6.58 Å². The number of benzene rings is 1. The first-order valence-electron chi connectivity index (χ1n) is 16.0. The number of fused-ring (bicyclic) bond motifs is 2. The summed E-state index contributed by atoms with van der Waals surface area (Å²) in [5, 5.41) is 9.55. The molecule has 0 amide bonds. The van der Waals surface area contributed by atoms with Gasteiger partial charge < -0.3 is 15.5 Å². The largest absolute Gasteiger partial charge is 0.330 e. The first-order chi connectivity index (χ1) is 21.3. The van der Waals surface area contributed by atoms with Crippen LogP contribution in [-0.4, -0.2) is 74.3 Å². The van der Waals surface area contributed by atoms with Gasteiger partial charge in [-0.05, 0) is 82.3 Å². The molecule has 11 heteroatoms. The Morgan fingerprint density at radius 1 is 1.11 bits per heavy atom. The number of aromatic nitrogens is 4. The van der Waals surface area contributed by atoms with Gasteiger partial charge >= 0.3 is 0 Å².